The number of ether oxygens (including phenoxy) is 1. The van der Waals surface area contributed by atoms with E-state index in [1.54, 1.807) is 0 Å². The van der Waals surface area contributed by atoms with Crippen molar-refractivity contribution in [2.75, 3.05) is 6.54 Å². The fourth-order valence-electron chi connectivity index (χ4n) is 2.78. The topological polar surface area (TPSA) is 35.2 Å². The van der Waals surface area contributed by atoms with E-state index in [1.807, 2.05) is 0 Å². The maximum atomic E-state index is 6.24. The predicted octanol–water partition coefficient (Wildman–Crippen LogP) is 3.56. The van der Waals surface area contributed by atoms with Crippen LogP contribution in [0, 0.1) is 6.92 Å². The first kappa shape index (κ1) is 13.6. The van der Waals surface area contributed by atoms with Gasteiger partial charge < -0.3 is 10.5 Å². The number of hydrogen-bond acceptors (Lipinski definition) is 2. The van der Waals surface area contributed by atoms with E-state index in [2.05, 4.69) is 31.2 Å². The second-order valence-corrected chi connectivity index (χ2v) is 5.52. The summed E-state index contributed by atoms with van der Waals surface area (Å²) in [6.45, 7) is 3.49. The van der Waals surface area contributed by atoms with Gasteiger partial charge in [0.25, 0.3) is 0 Å². The molecule has 1 aliphatic carbocycles. The van der Waals surface area contributed by atoms with Crippen molar-refractivity contribution in [2.24, 2.45) is 5.73 Å². The van der Waals surface area contributed by atoms with Crippen LogP contribution in [0.3, 0.4) is 0 Å². The van der Waals surface area contributed by atoms with Crippen LogP contribution in [0.1, 0.15) is 49.7 Å². The average Bonchev–Trinajstić information content (AvgIpc) is 2.64. The van der Waals surface area contributed by atoms with Crippen LogP contribution >= 0.6 is 0 Å². The maximum Gasteiger partial charge on any atom is 0.0808 e. The second-order valence-electron chi connectivity index (χ2n) is 5.52. The smallest absolute Gasteiger partial charge is 0.0808 e. The molecule has 2 heteroatoms. The van der Waals surface area contributed by atoms with E-state index < -0.39 is 0 Å². The van der Waals surface area contributed by atoms with E-state index in [0.717, 1.165) is 12.8 Å². The third-order valence-corrected chi connectivity index (χ3v) is 4.18. The van der Waals surface area contributed by atoms with Crippen LogP contribution in [-0.2, 0) is 11.3 Å². The molecule has 1 fully saturated rings. The van der Waals surface area contributed by atoms with Crippen molar-refractivity contribution >= 4 is 0 Å². The number of hydrogen-bond donors (Lipinski definition) is 1. The van der Waals surface area contributed by atoms with Crippen molar-refractivity contribution in [1.82, 2.24) is 0 Å². The molecule has 1 aromatic rings. The monoisotopic (exact) mass is 247 g/mol. The Balaban J connectivity index is 2.00. The minimum Gasteiger partial charge on any atom is -0.369 e. The Bertz CT molecular complexity index is 367. The van der Waals surface area contributed by atoms with Gasteiger partial charge in [-0.2, -0.15) is 0 Å². The zero-order chi connectivity index (χ0) is 12.8. The quantitative estimate of drug-likeness (QED) is 0.826. The summed E-state index contributed by atoms with van der Waals surface area (Å²) in [5.41, 5.74) is 8.50. The Morgan fingerprint density at radius 1 is 1.11 bits per heavy atom. The summed E-state index contributed by atoms with van der Waals surface area (Å²) in [4.78, 5) is 0. The minimum atomic E-state index is -0.0707. The number of aryl methyl sites for hydroxylation is 1. The van der Waals surface area contributed by atoms with Gasteiger partial charge in [-0.1, -0.05) is 49.9 Å². The highest BCUT2D eigenvalue weighted by Gasteiger charge is 2.30. The van der Waals surface area contributed by atoms with E-state index in [4.69, 9.17) is 10.5 Å². The Morgan fingerprint density at radius 3 is 2.39 bits per heavy atom. The lowest BCUT2D eigenvalue weighted by Crippen LogP contribution is -2.40. The van der Waals surface area contributed by atoms with Gasteiger partial charge in [0.15, 0.2) is 0 Å². The normalized spacial score (nSPS) is 19.4. The van der Waals surface area contributed by atoms with Crippen molar-refractivity contribution in [1.29, 1.82) is 0 Å². The Morgan fingerprint density at radius 2 is 1.78 bits per heavy atom. The molecule has 0 saturated heterocycles. The lowest BCUT2D eigenvalue weighted by atomic mass is 9.94. The summed E-state index contributed by atoms with van der Waals surface area (Å²) in [7, 11) is 0. The van der Waals surface area contributed by atoms with Crippen LogP contribution in [-0.4, -0.2) is 12.1 Å². The molecule has 1 aliphatic rings. The standard InChI is InChI=1S/C16H25NO/c1-14-8-4-5-9-15(14)12-18-16(13-17)10-6-2-3-7-11-16/h4-5,8-9H,2-3,6-7,10-13,17H2,1H3. The molecule has 0 bridgehead atoms. The van der Waals surface area contributed by atoms with Gasteiger partial charge in [0.1, 0.15) is 0 Å². The molecule has 0 aromatic heterocycles. The fraction of sp³-hybridized carbons (Fsp3) is 0.625. The van der Waals surface area contributed by atoms with Gasteiger partial charge in [0.2, 0.25) is 0 Å². The first-order valence-corrected chi connectivity index (χ1v) is 7.14. The molecule has 0 amide bonds. The van der Waals surface area contributed by atoms with Crippen molar-refractivity contribution in [3.63, 3.8) is 0 Å². The molecule has 0 radical (unpaired) electrons. The first-order valence-electron chi connectivity index (χ1n) is 7.14. The summed E-state index contributed by atoms with van der Waals surface area (Å²) in [6.07, 6.45) is 7.41. The van der Waals surface area contributed by atoms with Crippen molar-refractivity contribution in [3.05, 3.63) is 35.4 Å². The van der Waals surface area contributed by atoms with Crippen molar-refractivity contribution in [2.45, 2.75) is 57.7 Å². The summed E-state index contributed by atoms with van der Waals surface area (Å²) in [6, 6.07) is 8.44. The van der Waals surface area contributed by atoms with Gasteiger partial charge in [-0.25, -0.2) is 0 Å². The Hall–Kier alpha value is -0.860. The Kier molecular flexibility index (Phi) is 4.79. The Labute approximate surface area is 111 Å². The van der Waals surface area contributed by atoms with Gasteiger partial charge in [-0.15, -0.1) is 0 Å². The van der Waals surface area contributed by atoms with Gasteiger partial charge in [0.05, 0.1) is 12.2 Å². The lowest BCUT2D eigenvalue weighted by molar-refractivity contribution is -0.0603. The fourth-order valence-corrected chi connectivity index (χ4v) is 2.78. The zero-order valence-electron chi connectivity index (χ0n) is 11.5. The molecule has 18 heavy (non-hydrogen) atoms. The molecule has 0 unspecified atom stereocenters. The van der Waals surface area contributed by atoms with Crippen LogP contribution in [0.4, 0.5) is 0 Å². The zero-order valence-corrected chi connectivity index (χ0v) is 11.5. The van der Waals surface area contributed by atoms with E-state index in [9.17, 15) is 0 Å². The second kappa shape index (κ2) is 6.35. The van der Waals surface area contributed by atoms with E-state index in [0.29, 0.717) is 13.2 Å². The third-order valence-electron chi connectivity index (χ3n) is 4.18. The number of benzene rings is 1. The molecule has 1 aromatic carbocycles. The lowest BCUT2D eigenvalue weighted by Gasteiger charge is -2.32. The van der Waals surface area contributed by atoms with Crippen molar-refractivity contribution in [3.8, 4) is 0 Å². The number of rotatable bonds is 4. The van der Waals surface area contributed by atoms with Crippen LogP contribution in [0.2, 0.25) is 0 Å². The molecular formula is C16H25NO. The van der Waals surface area contributed by atoms with Gasteiger partial charge >= 0.3 is 0 Å². The predicted molar refractivity (Wildman–Crippen MR) is 75.5 cm³/mol. The van der Waals surface area contributed by atoms with E-state index in [1.165, 1.54) is 36.8 Å². The van der Waals surface area contributed by atoms with Gasteiger partial charge in [-0.3, -0.25) is 0 Å². The SMILES string of the molecule is Cc1ccccc1COC1(CN)CCCCCC1. The number of nitrogens with two attached hydrogens (primary N) is 1. The molecule has 2 rings (SSSR count). The third kappa shape index (κ3) is 3.33. The highest BCUT2D eigenvalue weighted by Crippen LogP contribution is 2.30. The minimum absolute atomic E-state index is 0.0707. The molecule has 1 saturated carbocycles. The van der Waals surface area contributed by atoms with Crippen molar-refractivity contribution < 1.29 is 4.74 Å². The van der Waals surface area contributed by atoms with Gasteiger partial charge in [-0.05, 0) is 30.9 Å². The molecule has 0 spiro atoms. The van der Waals surface area contributed by atoms with Crippen LogP contribution in [0.15, 0.2) is 24.3 Å². The molecule has 0 aliphatic heterocycles. The average molecular weight is 247 g/mol. The highest BCUT2D eigenvalue weighted by molar-refractivity contribution is 5.24. The largest absolute Gasteiger partial charge is 0.369 e. The van der Waals surface area contributed by atoms with Crippen LogP contribution in [0.5, 0.6) is 0 Å². The van der Waals surface area contributed by atoms with E-state index in [-0.39, 0.29) is 5.60 Å². The molecular weight excluding hydrogens is 222 g/mol. The van der Waals surface area contributed by atoms with Crippen LogP contribution in [0.25, 0.3) is 0 Å². The molecule has 0 atom stereocenters. The molecule has 0 heterocycles. The molecule has 2 nitrogen and oxygen atoms in total. The maximum absolute atomic E-state index is 6.24. The molecule has 100 valence electrons. The van der Waals surface area contributed by atoms with E-state index >= 15 is 0 Å². The summed E-state index contributed by atoms with van der Waals surface area (Å²) < 4.78 is 6.24. The first-order chi connectivity index (χ1) is 8.76. The van der Waals surface area contributed by atoms with Crippen LogP contribution < -0.4 is 5.73 Å². The summed E-state index contributed by atoms with van der Waals surface area (Å²) in [5.74, 6) is 0. The summed E-state index contributed by atoms with van der Waals surface area (Å²) >= 11 is 0. The van der Waals surface area contributed by atoms with Gasteiger partial charge in [0, 0.05) is 6.54 Å². The highest BCUT2D eigenvalue weighted by atomic mass is 16.5. The molecule has 2 N–H and O–H groups in total. The summed E-state index contributed by atoms with van der Waals surface area (Å²) in [5, 5.41) is 0.